The van der Waals surface area contributed by atoms with Crippen LogP contribution in [0.5, 0.6) is 11.5 Å². The van der Waals surface area contributed by atoms with E-state index >= 15 is 0 Å². The molecule has 1 aromatic carbocycles. The Bertz CT molecular complexity index is 611. The summed E-state index contributed by atoms with van der Waals surface area (Å²) in [4.78, 5) is 12.1. The van der Waals surface area contributed by atoms with Gasteiger partial charge in [0.15, 0.2) is 11.9 Å². The molecular formula is C16H19N2O3+. The molecular weight excluding hydrogens is 268 g/mol. The highest BCUT2D eigenvalue weighted by Gasteiger charge is 2.21. The van der Waals surface area contributed by atoms with E-state index in [0.29, 0.717) is 6.54 Å². The van der Waals surface area contributed by atoms with Crippen molar-refractivity contribution in [3.05, 3.63) is 54.4 Å². The quantitative estimate of drug-likeness (QED) is 0.821. The van der Waals surface area contributed by atoms with Crippen LogP contribution in [0.25, 0.3) is 0 Å². The summed E-state index contributed by atoms with van der Waals surface area (Å²) in [7, 11) is 1.62. The van der Waals surface area contributed by atoms with Gasteiger partial charge in [-0.05, 0) is 23.8 Å². The first-order valence-corrected chi connectivity index (χ1v) is 6.70. The van der Waals surface area contributed by atoms with Crippen molar-refractivity contribution in [3.63, 3.8) is 0 Å². The van der Waals surface area contributed by atoms with E-state index in [9.17, 15) is 9.90 Å². The number of amides is 1. The molecule has 0 aliphatic rings. The largest absolute Gasteiger partial charge is 0.503 e. The molecule has 1 amide bonds. The first-order chi connectivity index (χ1) is 10.1. The van der Waals surface area contributed by atoms with Crippen molar-refractivity contribution < 1.29 is 19.2 Å². The maximum Gasteiger partial charge on any atom is 0.289 e. The Morgan fingerprint density at radius 3 is 2.67 bits per heavy atom. The van der Waals surface area contributed by atoms with Crippen LogP contribution in [0.4, 0.5) is 0 Å². The number of hydrogen-bond donors (Lipinski definition) is 2. The third-order valence-corrected chi connectivity index (χ3v) is 3.26. The van der Waals surface area contributed by atoms with Crippen molar-refractivity contribution in [2.45, 2.75) is 19.5 Å². The van der Waals surface area contributed by atoms with E-state index in [1.54, 1.807) is 36.9 Å². The number of methoxy groups -OCH3 is 1. The third kappa shape index (κ3) is 3.95. The third-order valence-electron chi connectivity index (χ3n) is 3.26. The zero-order chi connectivity index (χ0) is 15.2. The smallest absolute Gasteiger partial charge is 0.289 e. The number of carbonyl (C=O) groups is 1. The first kappa shape index (κ1) is 14.8. The van der Waals surface area contributed by atoms with Gasteiger partial charge in [0.1, 0.15) is 5.75 Å². The molecule has 2 aromatic rings. The fourth-order valence-electron chi connectivity index (χ4n) is 1.94. The Kier molecular flexibility index (Phi) is 4.77. The van der Waals surface area contributed by atoms with Gasteiger partial charge in [0.25, 0.3) is 5.91 Å². The van der Waals surface area contributed by atoms with Gasteiger partial charge in [-0.25, -0.2) is 0 Å². The second-order valence-electron chi connectivity index (χ2n) is 4.75. The summed E-state index contributed by atoms with van der Waals surface area (Å²) in [5.41, 5.74) is 0.997. The lowest BCUT2D eigenvalue weighted by Gasteiger charge is -2.09. The number of ether oxygens (including phenoxy) is 1. The number of benzene rings is 1. The van der Waals surface area contributed by atoms with E-state index < -0.39 is 6.04 Å². The van der Waals surface area contributed by atoms with Gasteiger partial charge >= 0.3 is 0 Å². The van der Waals surface area contributed by atoms with Crippen molar-refractivity contribution in [1.29, 1.82) is 0 Å². The van der Waals surface area contributed by atoms with Crippen LogP contribution < -0.4 is 14.6 Å². The van der Waals surface area contributed by atoms with Gasteiger partial charge in [0, 0.05) is 19.5 Å². The summed E-state index contributed by atoms with van der Waals surface area (Å²) in [6, 6.07) is 10.4. The molecule has 2 N–H and O–H groups in total. The van der Waals surface area contributed by atoms with E-state index in [-0.39, 0.29) is 11.7 Å². The summed E-state index contributed by atoms with van der Waals surface area (Å²) < 4.78 is 6.75. The molecule has 5 nitrogen and oxygen atoms in total. The average molecular weight is 287 g/mol. The summed E-state index contributed by atoms with van der Waals surface area (Å²) >= 11 is 0. The fraction of sp³-hybridized carbons (Fsp3) is 0.250. The van der Waals surface area contributed by atoms with Crippen molar-refractivity contribution >= 4 is 5.91 Å². The van der Waals surface area contributed by atoms with Crippen molar-refractivity contribution in [2.24, 2.45) is 0 Å². The van der Waals surface area contributed by atoms with Crippen LogP contribution in [0.2, 0.25) is 0 Å². The molecule has 0 unspecified atom stereocenters. The number of rotatable bonds is 5. The van der Waals surface area contributed by atoms with Crippen LogP contribution in [0.3, 0.4) is 0 Å². The molecule has 0 saturated carbocycles. The first-order valence-electron chi connectivity index (χ1n) is 6.70. The Hall–Kier alpha value is -2.56. The van der Waals surface area contributed by atoms with Gasteiger partial charge in [-0.15, -0.1) is 0 Å². The van der Waals surface area contributed by atoms with E-state index in [0.717, 1.165) is 11.3 Å². The number of carbonyl (C=O) groups excluding carboxylic acids is 1. The molecule has 0 saturated heterocycles. The predicted molar refractivity (Wildman–Crippen MR) is 77.9 cm³/mol. The number of aromatic hydroxyl groups is 1. The topological polar surface area (TPSA) is 62.4 Å². The van der Waals surface area contributed by atoms with Crippen LogP contribution in [0, 0.1) is 0 Å². The maximum atomic E-state index is 12.1. The minimum atomic E-state index is -0.393. The van der Waals surface area contributed by atoms with Gasteiger partial charge in [-0.3, -0.25) is 4.79 Å². The predicted octanol–water partition coefficient (Wildman–Crippen LogP) is 1.57. The zero-order valence-electron chi connectivity index (χ0n) is 12.1. The van der Waals surface area contributed by atoms with E-state index in [1.807, 2.05) is 24.3 Å². The maximum absolute atomic E-state index is 12.1. The van der Waals surface area contributed by atoms with Crippen LogP contribution in [-0.2, 0) is 11.3 Å². The second kappa shape index (κ2) is 6.74. The molecule has 21 heavy (non-hydrogen) atoms. The van der Waals surface area contributed by atoms with Crippen LogP contribution >= 0.6 is 0 Å². The summed E-state index contributed by atoms with van der Waals surface area (Å²) in [6.07, 6.45) is 3.27. The normalized spacial score (nSPS) is 11.7. The van der Waals surface area contributed by atoms with Gasteiger partial charge in [0.05, 0.1) is 7.11 Å². The highest BCUT2D eigenvalue weighted by Crippen LogP contribution is 2.11. The van der Waals surface area contributed by atoms with Crippen molar-refractivity contribution in [3.8, 4) is 11.5 Å². The molecule has 2 rings (SSSR count). The second-order valence-corrected chi connectivity index (χ2v) is 4.75. The Balaban J connectivity index is 1.94. The van der Waals surface area contributed by atoms with Gasteiger partial charge in [-0.1, -0.05) is 12.1 Å². The molecule has 0 aliphatic carbocycles. The summed E-state index contributed by atoms with van der Waals surface area (Å²) in [5, 5.41) is 12.3. The number of pyridine rings is 1. The highest BCUT2D eigenvalue weighted by atomic mass is 16.5. The fourth-order valence-corrected chi connectivity index (χ4v) is 1.94. The van der Waals surface area contributed by atoms with E-state index in [4.69, 9.17) is 4.74 Å². The Labute approximate surface area is 123 Å². The molecule has 0 bridgehead atoms. The summed E-state index contributed by atoms with van der Waals surface area (Å²) in [6.45, 7) is 2.23. The lowest BCUT2D eigenvalue weighted by Crippen LogP contribution is -2.46. The number of nitrogens with one attached hydrogen (secondary N) is 1. The van der Waals surface area contributed by atoms with Crippen molar-refractivity contribution in [2.75, 3.05) is 7.11 Å². The Morgan fingerprint density at radius 2 is 2.05 bits per heavy atom. The van der Waals surface area contributed by atoms with Crippen LogP contribution in [0.1, 0.15) is 18.5 Å². The number of hydrogen-bond acceptors (Lipinski definition) is 3. The Morgan fingerprint density at radius 1 is 1.33 bits per heavy atom. The average Bonchev–Trinajstić information content (AvgIpc) is 2.52. The summed E-state index contributed by atoms with van der Waals surface area (Å²) in [5.74, 6) is 0.808. The van der Waals surface area contributed by atoms with Crippen LogP contribution in [0.15, 0.2) is 48.8 Å². The molecule has 1 heterocycles. The van der Waals surface area contributed by atoms with Gasteiger partial charge in [0.2, 0.25) is 12.2 Å². The highest BCUT2D eigenvalue weighted by molar-refractivity contribution is 5.78. The lowest BCUT2D eigenvalue weighted by molar-refractivity contribution is -0.706. The molecule has 0 aliphatic heterocycles. The van der Waals surface area contributed by atoms with Crippen molar-refractivity contribution in [1.82, 2.24) is 5.32 Å². The SMILES string of the molecule is COc1ccc(CNC(=O)[C@@H](C)[n+]2cccc(O)c2)cc1. The molecule has 0 fully saturated rings. The molecule has 0 radical (unpaired) electrons. The zero-order valence-corrected chi connectivity index (χ0v) is 12.1. The van der Waals surface area contributed by atoms with Gasteiger partial charge in [-0.2, -0.15) is 4.57 Å². The minimum absolute atomic E-state index is 0.110. The molecule has 1 aromatic heterocycles. The van der Waals surface area contributed by atoms with E-state index in [1.165, 1.54) is 6.20 Å². The number of nitrogens with zero attached hydrogens (tertiary/aromatic N) is 1. The van der Waals surface area contributed by atoms with Crippen LogP contribution in [-0.4, -0.2) is 18.1 Å². The minimum Gasteiger partial charge on any atom is -0.503 e. The molecule has 110 valence electrons. The molecule has 0 spiro atoms. The number of aromatic nitrogens is 1. The van der Waals surface area contributed by atoms with Gasteiger partial charge < -0.3 is 15.2 Å². The van der Waals surface area contributed by atoms with E-state index in [2.05, 4.69) is 5.32 Å². The molecule has 5 heteroatoms. The standard InChI is InChI=1S/C16H18N2O3/c1-12(18-9-3-4-14(19)11-18)16(20)17-10-13-5-7-15(21-2)8-6-13/h3-9,11-12H,10H2,1-2H3,(H-,17,19,20)/p+1/t12-/m1/s1. The monoisotopic (exact) mass is 287 g/mol. The molecule has 1 atom stereocenters. The lowest BCUT2D eigenvalue weighted by atomic mass is 10.2.